The molecule has 0 fully saturated rings. The first-order chi connectivity index (χ1) is 9.47. The van der Waals surface area contributed by atoms with Crippen LogP contribution in [0.25, 0.3) is 0 Å². The number of hydrogen-bond donors (Lipinski definition) is 2. The minimum atomic E-state index is -1.12. The zero-order valence-corrected chi connectivity index (χ0v) is 12.4. The summed E-state index contributed by atoms with van der Waals surface area (Å²) in [6.07, 6.45) is -1.12. The number of rotatable bonds is 4. The van der Waals surface area contributed by atoms with Gasteiger partial charge in [-0.3, -0.25) is 0 Å². The highest BCUT2D eigenvalue weighted by molar-refractivity contribution is 9.10. The number of hydrogen-bond acceptors (Lipinski definition) is 2. The van der Waals surface area contributed by atoms with Gasteiger partial charge in [0.15, 0.2) is 0 Å². The van der Waals surface area contributed by atoms with Crippen LogP contribution in [0.2, 0.25) is 0 Å². The van der Waals surface area contributed by atoms with Gasteiger partial charge in [0.25, 0.3) is 0 Å². The van der Waals surface area contributed by atoms with Gasteiger partial charge in [0, 0.05) is 22.3 Å². The fourth-order valence-corrected chi connectivity index (χ4v) is 2.10. The Labute approximate surface area is 124 Å². The predicted octanol–water partition coefficient (Wildman–Crippen LogP) is 4.18. The molecule has 0 radical (unpaired) electrons. The Morgan fingerprint density at radius 3 is 2.65 bits per heavy atom. The number of halogens is 3. The number of aliphatic hydroxyl groups excluding tert-OH is 1. The van der Waals surface area contributed by atoms with Gasteiger partial charge in [0.1, 0.15) is 11.6 Å². The Bertz CT molecular complexity index is 619. The highest BCUT2D eigenvalue weighted by Crippen LogP contribution is 2.22. The van der Waals surface area contributed by atoms with E-state index in [1.54, 1.807) is 0 Å². The number of benzene rings is 2. The Morgan fingerprint density at radius 1 is 1.20 bits per heavy atom. The molecule has 0 aromatic heterocycles. The molecule has 0 aliphatic carbocycles. The summed E-state index contributed by atoms with van der Waals surface area (Å²) >= 11 is 3.40. The zero-order valence-electron chi connectivity index (χ0n) is 10.8. The molecule has 0 bridgehead atoms. The maximum absolute atomic E-state index is 13.5. The zero-order chi connectivity index (χ0) is 14.7. The van der Waals surface area contributed by atoms with Gasteiger partial charge in [-0.05, 0) is 48.9 Å². The van der Waals surface area contributed by atoms with E-state index in [1.807, 2.05) is 25.1 Å². The SMILES string of the molecule is Cc1cc(NCC(O)c2cc(F)ccc2F)ccc1Br. The van der Waals surface area contributed by atoms with Crippen molar-refractivity contribution in [3.63, 3.8) is 0 Å². The molecule has 0 aliphatic heterocycles. The molecule has 20 heavy (non-hydrogen) atoms. The normalized spacial score (nSPS) is 12.2. The molecule has 5 heteroatoms. The molecule has 2 nitrogen and oxygen atoms in total. The van der Waals surface area contributed by atoms with Crippen LogP contribution < -0.4 is 5.32 Å². The molecule has 2 aromatic carbocycles. The molecule has 0 saturated carbocycles. The van der Waals surface area contributed by atoms with Gasteiger partial charge < -0.3 is 10.4 Å². The van der Waals surface area contributed by atoms with Crippen LogP contribution in [0.4, 0.5) is 14.5 Å². The highest BCUT2D eigenvalue weighted by Gasteiger charge is 2.13. The summed E-state index contributed by atoms with van der Waals surface area (Å²) in [6.45, 7) is 2.04. The lowest BCUT2D eigenvalue weighted by molar-refractivity contribution is 0.186. The first-order valence-electron chi connectivity index (χ1n) is 6.10. The quantitative estimate of drug-likeness (QED) is 0.874. The van der Waals surface area contributed by atoms with Crippen LogP contribution in [0.1, 0.15) is 17.2 Å². The Hall–Kier alpha value is -1.46. The van der Waals surface area contributed by atoms with Gasteiger partial charge in [-0.2, -0.15) is 0 Å². The first-order valence-corrected chi connectivity index (χ1v) is 6.89. The van der Waals surface area contributed by atoms with Crippen LogP contribution in [0, 0.1) is 18.6 Å². The van der Waals surface area contributed by atoms with Crippen LogP contribution in [0.3, 0.4) is 0 Å². The van der Waals surface area contributed by atoms with Crippen LogP contribution >= 0.6 is 15.9 Å². The van der Waals surface area contributed by atoms with E-state index in [9.17, 15) is 13.9 Å². The summed E-state index contributed by atoms with van der Waals surface area (Å²) in [5, 5.41) is 12.9. The molecule has 1 unspecified atom stereocenters. The van der Waals surface area contributed by atoms with E-state index in [2.05, 4.69) is 21.2 Å². The van der Waals surface area contributed by atoms with Crippen molar-refractivity contribution in [1.82, 2.24) is 0 Å². The lowest BCUT2D eigenvalue weighted by Gasteiger charge is -2.14. The molecule has 0 heterocycles. The van der Waals surface area contributed by atoms with Crippen molar-refractivity contribution in [3.05, 3.63) is 63.6 Å². The first kappa shape index (κ1) is 14.9. The monoisotopic (exact) mass is 341 g/mol. The largest absolute Gasteiger partial charge is 0.386 e. The highest BCUT2D eigenvalue weighted by atomic mass is 79.9. The van der Waals surface area contributed by atoms with E-state index >= 15 is 0 Å². The minimum Gasteiger partial charge on any atom is -0.386 e. The topological polar surface area (TPSA) is 32.3 Å². The summed E-state index contributed by atoms with van der Waals surface area (Å²) in [5.41, 5.74) is 1.80. The number of nitrogens with one attached hydrogen (secondary N) is 1. The Kier molecular flexibility index (Phi) is 4.73. The van der Waals surface area contributed by atoms with Crippen LogP contribution in [-0.4, -0.2) is 11.7 Å². The average molecular weight is 342 g/mol. The van der Waals surface area contributed by atoms with Crippen molar-refractivity contribution in [1.29, 1.82) is 0 Å². The molecule has 0 saturated heterocycles. The summed E-state index contributed by atoms with van der Waals surface area (Å²) in [7, 11) is 0. The third kappa shape index (κ3) is 3.55. The van der Waals surface area contributed by atoms with Crippen LogP contribution in [-0.2, 0) is 0 Å². The van der Waals surface area contributed by atoms with Gasteiger partial charge in [0.2, 0.25) is 0 Å². The number of aliphatic hydroxyl groups is 1. The second-order valence-corrected chi connectivity index (χ2v) is 5.38. The second-order valence-electron chi connectivity index (χ2n) is 4.53. The fraction of sp³-hybridized carbons (Fsp3) is 0.200. The van der Waals surface area contributed by atoms with Crippen molar-refractivity contribution >= 4 is 21.6 Å². The summed E-state index contributed by atoms with van der Waals surface area (Å²) < 4.78 is 27.6. The van der Waals surface area contributed by atoms with E-state index in [0.29, 0.717) is 0 Å². The average Bonchev–Trinajstić information content (AvgIpc) is 2.42. The lowest BCUT2D eigenvalue weighted by atomic mass is 10.1. The van der Waals surface area contributed by atoms with Gasteiger partial charge >= 0.3 is 0 Å². The molecule has 0 aliphatic rings. The summed E-state index contributed by atoms with van der Waals surface area (Å²) in [6, 6.07) is 8.67. The van der Waals surface area contributed by atoms with Crippen molar-refractivity contribution < 1.29 is 13.9 Å². The molecule has 106 valence electrons. The van der Waals surface area contributed by atoms with Gasteiger partial charge in [-0.25, -0.2) is 8.78 Å². The number of aryl methyl sites for hydroxylation is 1. The van der Waals surface area contributed by atoms with Gasteiger partial charge in [-0.15, -0.1) is 0 Å². The van der Waals surface area contributed by atoms with Crippen molar-refractivity contribution in [2.75, 3.05) is 11.9 Å². The molecule has 0 spiro atoms. The maximum atomic E-state index is 13.5. The van der Waals surface area contributed by atoms with Crippen molar-refractivity contribution in [3.8, 4) is 0 Å². The molecule has 1 atom stereocenters. The fourth-order valence-electron chi connectivity index (χ4n) is 1.85. The number of anilines is 1. The summed E-state index contributed by atoms with van der Waals surface area (Å²) in [4.78, 5) is 0. The maximum Gasteiger partial charge on any atom is 0.129 e. The van der Waals surface area contributed by atoms with Gasteiger partial charge in [-0.1, -0.05) is 15.9 Å². The van der Waals surface area contributed by atoms with E-state index < -0.39 is 17.7 Å². The van der Waals surface area contributed by atoms with Crippen LogP contribution in [0.5, 0.6) is 0 Å². The molecule has 0 amide bonds. The molecule has 2 aromatic rings. The molecular weight excluding hydrogens is 328 g/mol. The lowest BCUT2D eigenvalue weighted by Crippen LogP contribution is -2.13. The third-order valence-electron chi connectivity index (χ3n) is 2.97. The van der Waals surface area contributed by atoms with E-state index in [0.717, 1.165) is 33.9 Å². The molecular formula is C15H14BrF2NO. The van der Waals surface area contributed by atoms with E-state index in [-0.39, 0.29) is 12.1 Å². The second kappa shape index (κ2) is 6.33. The van der Waals surface area contributed by atoms with E-state index in [4.69, 9.17) is 0 Å². The predicted molar refractivity (Wildman–Crippen MR) is 78.7 cm³/mol. The van der Waals surface area contributed by atoms with Gasteiger partial charge in [0.05, 0.1) is 6.10 Å². The molecule has 2 rings (SSSR count). The Morgan fingerprint density at radius 2 is 1.95 bits per heavy atom. The van der Waals surface area contributed by atoms with Crippen LogP contribution in [0.15, 0.2) is 40.9 Å². The standard InChI is InChI=1S/C15H14BrF2NO/c1-9-6-11(3-4-13(9)16)19-8-15(20)12-7-10(17)2-5-14(12)18/h2-7,15,19-20H,8H2,1H3. The minimum absolute atomic E-state index is 0.0497. The summed E-state index contributed by atoms with van der Waals surface area (Å²) in [5.74, 6) is -1.19. The molecule has 2 N–H and O–H groups in total. The third-order valence-corrected chi connectivity index (χ3v) is 3.86. The van der Waals surface area contributed by atoms with Crippen molar-refractivity contribution in [2.24, 2.45) is 0 Å². The Balaban J connectivity index is 2.06. The van der Waals surface area contributed by atoms with E-state index in [1.165, 1.54) is 0 Å². The van der Waals surface area contributed by atoms with Crippen molar-refractivity contribution in [2.45, 2.75) is 13.0 Å². The smallest absolute Gasteiger partial charge is 0.129 e.